The van der Waals surface area contributed by atoms with Crippen molar-refractivity contribution in [2.45, 2.75) is 5.16 Å². The predicted molar refractivity (Wildman–Crippen MR) is 105 cm³/mol. The van der Waals surface area contributed by atoms with Gasteiger partial charge in [0.15, 0.2) is 16.6 Å². The fraction of sp³-hybridized carbons (Fsp3) is 0.0526. The fourth-order valence-electron chi connectivity index (χ4n) is 2.56. The van der Waals surface area contributed by atoms with Crippen LogP contribution in [0.5, 0.6) is 0 Å². The third-order valence-corrected chi connectivity index (χ3v) is 4.76. The SMILES string of the molecule is O=C(CSc1nc(-c2ccccc2)nc2cc(=O)[nH]n12)Nc1ccc(F)cc1. The second-order valence-corrected chi connectivity index (χ2v) is 6.80. The molecular formula is C19H14FN5O2S. The minimum absolute atomic E-state index is 0.0535. The summed E-state index contributed by atoms with van der Waals surface area (Å²) in [7, 11) is 0. The summed E-state index contributed by atoms with van der Waals surface area (Å²) >= 11 is 1.16. The summed E-state index contributed by atoms with van der Waals surface area (Å²) in [5.41, 5.74) is 1.41. The largest absolute Gasteiger partial charge is 0.325 e. The van der Waals surface area contributed by atoms with Gasteiger partial charge in [-0.2, -0.15) is 0 Å². The molecule has 2 N–H and O–H groups in total. The Bertz CT molecular complexity index is 1190. The molecule has 0 aliphatic rings. The molecule has 140 valence electrons. The molecule has 0 radical (unpaired) electrons. The van der Waals surface area contributed by atoms with Gasteiger partial charge >= 0.3 is 0 Å². The zero-order valence-corrected chi connectivity index (χ0v) is 15.2. The first-order valence-corrected chi connectivity index (χ1v) is 9.30. The van der Waals surface area contributed by atoms with Crippen LogP contribution in [0.3, 0.4) is 0 Å². The Hall–Kier alpha value is -3.46. The van der Waals surface area contributed by atoms with Crippen LogP contribution >= 0.6 is 11.8 Å². The van der Waals surface area contributed by atoms with Crippen LogP contribution in [0.15, 0.2) is 70.6 Å². The zero-order chi connectivity index (χ0) is 19.5. The molecule has 0 aliphatic carbocycles. The van der Waals surface area contributed by atoms with Gasteiger partial charge in [0.2, 0.25) is 5.91 Å². The number of H-pyrrole nitrogens is 1. The Kier molecular flexibility index (Phi) is 4.90. The van der Waals surface area contributed by atoms with Crippen LogP contribution < -0.4 is 10.9 Å². The molecule has 1 amide bonds. The Balaban J connectivity index is 1.58. The maximum atomic E-state index is 13.0. The third-order valence-electron chi connectivity index (χ3n) is 3.82. The van der Waals surface area contributed by atoms with Gasteiger partial charge in [0.05, 0.1) is 5.75 Å². The molecule has 0 spiro atoms. The molecule has 0 fully saturated rings. The minimum atomic E-state index is -0.374. The second kappa shape index (κ2) is 7.65. The highest BCUT2D eigenvalue weighted by atomic mass is 32.2. The number of halogens is 1. The summed E-state index contributed by atoms with van der Waals surface area (Å²) < 4.78 is 14.4. The fourth-order valence-corrected chi connectivity index (χ4v) is 3.31. The van der Waals surface area contributed by atoms with Gasteiger partial charge in [-0.1, -0.05) is 42.1 Å². The lowest BCUT2D eigenvalue weighted by atomic mass is 10.2. The van der Waals surface area contributed by atoms with Crippen LogP contribution in [0, 0.1) is 5.82 Å². The van der Waals surface area contributed by atoms with E-state index in [9.17, 15) is 14.0 Å². The first-order valence-electron chi connectivity index (χ1n) is 8.32. The molecule has 4 aromatic rings. The van der Waals surface area contributed by atoms with Crippen molar-refractivity contribution in [1.82, 2.24) is 19.6 Å². The number of amides is 1. The maximum Gasteiger partial charge on any atom is 0.266 e. The lowest BCUT2D eigenvalue weighted by Crippen LogP contribution is -2.15. The monoisotopic (exact) mass is 395 g/mol. The molecule has 0 atom stereocenters. The van der Waals surface area contributed by atoms with Gasteiger partial charge in [0.1, 0.15) is 5.82 Å². The van der Waals surface area contributed by atoms with Gasteiger partial charge in [-0.25, -0.2) is 18.9 Å². The van der Waals surface area contributed by atoms with E-state index >= 15 is 0 Å². The molecule has 9 heteroatoms. The van der Waals surface area contributed by atoms with Gasteiger partial charge in [-0.3, -0.25) is 14.7 Å². The Labute approximate surface area is 162 Å². The van der Waals surface area contributed by atoms with E-state index in [1.807, 2.05) is 30.3 Å². The number of aromatic nitrogens is 4. The smallest absolute Gasteiger partial charge is 0.266 e. The number of hydrogen-bond donors (Lipinski definition) is 2. The molecule has 0 unspecified atom stereocenters. The van der Waals surface area contributed by atoms with E-state index < -0.39 is 0 Å². The van der Waals surface area contributed by atoms with E-state index in [2.05, 4.69) is 20.4 Å². The second-order valence-electron chi connectivity index (χ2n) is 5.85. The standard InChI is InChI=1S/C19H14FN5O2S/c20-13-6-8-14(9-7-13)21-17(27)11-28-19-23-18(12-4-2-1-3-5-12)22-15-10-16(26)24-25(15)19/h1-10H,11H2,(H,21,27)(H,24,26). The quantitative estimate of drug-likeness (QED) is 0.507. The van der Waals surface area contributed by atoms with Crippen LogP contribution in [0.25, 0.3) is 17.0 Å². The van der Waals surface area contributed by atoms with Crippen molar-refractivity contribution in [3.8, 4) is 11.4 Å². The molecule has 4 rings (SSSR count). The number of benzene rings is 2. The molecular weight excluding hydrogens is 381 g/mol. The summed E-state index contributed by atoms with van der Waals surface area (Å²) in [6, 6.07) is 16.2. The van der Waals surface area contributed by atoms with E-state index in [1.54, 1.807) is 0 Å². The molecule has 0 saturated carbocycles. The van der Waals surface area contributed by atoms with Crippen molar-refractivity contribution < 1.29 is 9.18 Å². The molecule has 7 nitrogen and oxygen atoms in total. The summed E-state index contributed by atoms with van der Waals surface area (Å²) in [6.07, 6.45) is 0. The summed E-state index contributed by atoms with van der Waals surface area (Å²) in [6.45, 7) is 0. The van der Waals surface area contributed by atoms with E-state index in [4.69, 9.17) is 0 Å². The summed E-state index contributed by atoms with van der Waals surface area (Å²) in [5.74, 6) is -0.140. The van der Waals surface area contributed by atoms with E-state index in [0.29, 0.717) is 22.3 Å². The predicted octanol–water partition coefficient (Wildman–Crippen LogP) is 2.95. The molecule has 2 aromatic heterocycles. The molecule has 0 bridgehead atoms. The highest BCUT2D eigenvalue weighted by Gasteiger charge is 2.13. The van der Waals surface area contributed by atoms with E-state index in [0.717, 1.165) is 17.3 Å². The summed E-state index contributed by atoms with van der Waals surface area (Å²) in [5, 5.41) is 5.75. The average molecular weight is 395 g/mol. The molecule has 0 saturated heterocycles. The first-order chi connectivity index (χ1) is 13.6. The topological polar surface area (TPSA) is 92.2 Å². The van der Waals surface area contributed by atoms with Crippen LogP contribution in [-0.4, -0.2) is 31.2 Å². The maximum absolute atomic E-state index is 13.0. The number of hydrogen-bond acceptors (Lipinski definition) is 5. The average Bonchev–Trinajstić information content (AvgIpc) is 3.09. The first kappa shape index (κ1) is 17.9. The van der Waals surface area contributed by atoms with Gasteiger partial charge in [0.25, 0.3) is 5.56 Å². The number of rotatable bonds is 5. The Morgan fingerprint density at radius 3 is 2.61 bits per heavy atom. The van der Waals surface area contributed by atoms with Crippen molar-refractivity contribution in [1.29, 1.82) is 0 Å². The van der Waals surface area contributed by atoms with E-state index in [-0.39, 0.29) is 23.0 Å². The van der Waals surface area contributed by atoms with Crippen molar-refractivity contribution in [3.63, 3.8) is 0 Å². The number of carbonyl (C=O) groups is 1. The molecule has 2 heterocycles. The number of thioether (sulfide) groups is 1. The van der Waals surface area contributed by atoms with Crippen LogP contribution in [0.2, 0.25) is 0 Å². The van der Waals surface area contributed by atoms with Gasteiger partial charge in [-0.15, -0.1) is 0 Å². The summed E-state index contributed by atoms with van der Waals surface area (Å²) in [4.78, 5) is 32.8. The van der Waals surface area contributed by atoms with Gasteiger partial charge in [-0.05, 0) is 24.3 Å². The number of carbonyl (C=O) groups excluding carboxylic acids is 1. The number of anilines is 1. The molecule has 28 heavy (non-hydrogen) atoms. The highest BCUT2D eigenvalue weighted by molar-refractivity contribution is 7.99. The third kappa shape index (κ3) is 3.94. The van der Waals surface area contributed by atoms with Crippen LogP contribution in [0.1, 0.15) is 0 Å². The number of fused-ring (bicyclic) bond motifs is 1. The number of nitrogens with zero attached hydrogens (tertiary/aromatic N) is 3. The Morgan fingerprint density at radius 2 is 1.86 bits per heavy atom. The zero-order valence-electron chi connectivity index (χ0n) is 14.4. The Morgan fingerprint density at radius 1 is 1.11 bits per heavy atom. The number of aromatic amines is 1. The van der Waals surface area contributed by atoms with E-state index in [1.165, 1.54) is 34.8 Å². The van der Waals surface area contributed by atoms with Crippen molar-refractivity contribution in [3.05, 3.63) is 76.8 Å². The highest BCUT2D eigenvalue weighted by Crippen LogP contribution is 2.21. The van der Waals surface area contributed by atoms with Crippen LogP contribution in [0.4, 0.5) is 10.1 Å². The van der Waals surface area contributed by atoms with Crippen LogP contribution in [-0.2, 0) is 4.79 Å². The molecule has 2 aromatic carbocycles. The number of nitrogens with one attached hydrogen (secondary N) is 2. The molecule has 0 aliphatic heterocycles. The van der Waals surface area contributed by atoms with Gasteiger partial charge in [0, 0.05) is 17.3 Å². The minimum Gasteiger partial charge on any atom is -0.325 e. The van der Waals surface area contributed by atoms with Crippen molar-refractivity contribution in [2.24, 2.45) is 0 Å². The van der Waals surface area contributed by atoms with Gasteiger partial charge < -0.3 is 5.32 Å². The normalized spacial score (nSPS) is 10.9. The lowest BCUT2D eigenvalue weighted by molar-refractivity contribution is -0.113. The lowest BCUT2D eigenvalue weighted by Gasteiger charge is -2.08. The van der Waals surface area contributed by atoms with Crippen molar-refractivity contribution >= 4 is 29.0 Å². The van der Waals surface area contributed by atoms with Crippen molar-refractivity contribution in [2.75, 3.05) is 11.1 Å².